The molecule has 0 spiro atoms. The lowest BCUT2D eigenvalue weighted by molar-refractivity contribution is -0.165. The maximum absolute atomic E-state index is 11.4. The zero-order valence-corrected chi connectivity index (χ0v) is 9.11. The largest absolute Gasteiger partial charge is 0.469 e. The molecular weight excluding hydrogens is 188 g/mol. The summed E-state index contributed by atoms with van der Waals surface area (Å²) in [6.07, 6.45) is 0.666. The standard InChI is InChI=1S/C9H16O3S/c1-8(2,7(10)12-3)9(11)4-5-13-6-9/h11H,4-6H2,1-3H3. The predicted molar refractivity (Wildman–Crippen MR) is 52.7 cm³/mol. The van der Waals surface area contributed by atoms with Gasteiger partial charge in [0.15, 0.2) is 0 Å². The van der Waals surface area contributed by atoms with Crippen molar-refractivity contribution in [3.05, 3.63) is 0 Å². The highest BCUT2D eigenvalue weighted by atomic mass is 32.2. The quantitative estimate of drug-likeness (QED) is 0.683. The number of rotatable bonds is 2. The molecule has 0 bridgehead atoms. The topological polar surface area (TPSA) is 46.5 Å². The number of aliphatic hydroxyl groups is 1. The van der Waals surface area contributed by atoms with Crippen LogP contribution in [0, 0.1) is 5.41 Å². The van der Waals surface area contributed by atoms with Gasteiger partial charge >= 0.3 is 5.97 Å². The summed E-state index contributed by atoms with van der Waals surface area (Å²) in [5, 5.41) is 10.2. The maximum atomic E-state index is 11.4. The Morgan fingerprint density at radius 3 is 2.62 bits per heavy atom. The Hall–Kier alpha value is -0.220. The third-order valence-electron chi connectivity index (χ3n) is 2.86. The Balaban J connectivity index is 2.83. The number of hydrogen-bond acceptors (Lipinski definition) is 4. The van der Waals surface area contributed by atoms with Crippen LogP contribution < -0.4 is 0 Å². The summed E-state index contributed by atoms with van der Waals surface area (Å²) in [7, 11) is 1.36. The van der Waals surface area contributed by atoms with Crippen molar-refractivity contribution < 1.29 is 14.6 Å². The van der Waals surface area contributed by atoms with Crippen LogP contribution in [0.15, 0.2) is 0 Å². The number of esters is 1. The van der Waals surface area contributed by atoms with Gasteiger partial charge in [0, 0.05) is 5.75 Å². The van der Waals surface area contributed by atoms with Gasteiger partial charge < -0.3 is 9.84 Å². The SMILES string of the molecule is COC(=O)C(C)(C)C1(O)CCSC1. The van der Waals surface area contributed by atoms with Crippen LogP contribution >= 0.6 is 11.8 Å². The third-order valence-corrected chi connectivity index (χ3v) is 4.03. The van der Waals surface area contributed by atoms with E-state index in [9.17, 15) is 9.90 Å². The Kier molecular flexibility index (Phi) is 2.92. The molecular formula is C9H16O3S. The van der Waals surface area contributed by atoms with Gasteiger partial charge in [-0.3, -0.25) is 4.79 Å². The number of hydrogen-bond donors (Lipinski definition) is 1. The summed E-state index contributed by atoms with van der Waals surface area (Å²) in [6.45, 7) is 3.48. The van der Waals surface area contributed by atoms with Gasteiger partial charge in [0.25, 0.3) is 0 Å². The summed E-state index contributed by atoms with van der Waals surface area (Å²) >= 11 is 1.68. The van der Waals surface area contributed by atoms with E-state index in [1.54, 1.807) is 25.6 Å². The van der Waals surface area contributed by atoms with Gasteiger partial charge in [-0.05, 0) is 26.0 Å². The van der Waals surface area contributed by atoms with Gasteiger partial charge in [-0.15, -0.1) is 0 Å². The fourth-order valence-electron chi connectivity index (χ4n) is 1.49. The second-order valence-corrected chi connectivity index (χ2v) is 5.06. The van der Waals surface area contributed by atoms with Crippen molar-refractivity contribution >= 4 is 17.7 Å². The lowest BCUT2D eigenvalue weighted by Gasteiger charge is -2.36. The monoisotopic (exact) mass is 204 g/mol. The minimum absolute atomic E-state index is 0.336. The van der Waals surface area contributed by atoms with Crippen LogP contribution in [-0.2, 0) is 9.53 Å². The molecule has 1 atom stereocenters. The maximum Gasteiger partial charge on any atom is 0.314 e. The molecule has 3 nitrogen and oxygen atoms in total. The number of thioether (sulfide) groups is 1. The van der Waals surface area contributed by atoms with Crippen LogP contribution in [0.4, 0.5) is 0 Å². The molecule has 76 valence electrons. The van der Waals surface area contributed by atoms with Crippen molar-refractivity contribution in [3.8, 4) is 0 Å². The van der Waals surface area contributed by atoms with Crippen molar-refractivity contribution in [2.75, 3.05) is 18.6 Å². The van der Waals surface area contributed by atoms with Crippen LogP contribution in [0.1, 0.15) is 20.3 Å². The van der Waals surface area contributed by atoms with E-state index < -0.39 is 11.0 Å². The molecule has 0 saturated carbocycles. The molecule has 4 heteroatoms. The van der Waals surface area contributed by atoms with Gasteiger partial charge in [-0.25, -0.2) is 0 Å². The minimum Gasteiger partial charge on any atom is -0.469 e. The molecule has 0 aromatic rings. The fraction of sp³-hybridized carbons (Fsp3) is 0.889. The highest BCUT2D eigenvalue weighted by Gasteiger charge is 2.51. The molecule has 1 rings (SSSR count). The zero-order valence-electron chi connectivity index (χ0n) is 8.29. The molecule has 0 amide bonds. The predicted octanol–water partition coefficient (Wildman–Crippen LogP) is 1.05. The molecule has 1 fully saturated rings. The van der Waals surface area contributed by atoms with E-state index in [-0.39, 0.29) is 5.97 Å². The summed E-state index contributed by atoms with van der Waals surface area (Å²) in [5.74, 6) is 1.20. The lowest BCUT2D eigenvalue weighted by Crippen LogP contribution is -2.50. The van der Waals surface area contributed by atoms with Crippen LogP contribution in [-0.4, -0.2) is 35.3 Å². The van der Waals surface area contributed by atoms with Crippen molar-refractivity contribution in [1.29, 1.82) is 0 Å². The minimum atomic E-state index is -0.898. The summed E-state index contributed by atoms with van der Waals surface area (Å²) < 4.78 is 4.68. The summed E-state index contributed by atoms with van der Waals surface area (Å²) in [4.78, 5) is 11.4. The molecule has 0 aliphatic carbocycles. The van der Waals surface area contributed by atoms with Crippen LogP contribution in [0.2, 0.25) is 0 Å². The van der Waals surface area contributed by atoms with Crippen molar-refractivity contribution in [3.63, 3.8) is 0 Å². The van der Waals surface area contributed by atoms with E-state index in [0.717, 1.165) is 5.75 Å². The Morgan fingerprint density at radius 1 is 1.62 bits per heavy atom. The Bertz CT molecular complexity index is 207. The van der Waals surface area contributed by atoms with E-state index in [1.807, 2.05) is 0 Å². The number of carbonyl (C=O) groups excluding carboxylic acids is 1. The molecule has 1 aliphatic rings. The van der Waals surface area contributed by atoms with Crippen molar-refractivity contribution in [2.45, 2.75) is 25.9 Å². The first-order valence-corrected chi connectivity index (χ1v) is 5.48. The first-order valence-electron chi connectivity index (χ1n) is 4.32. The highest BCUT2D eigenvalue weighted by Crippen LogP contribution is 2.42. The number of ether oxygens (including phenoxy) is 1. The normalized spacial score (nSPS) is 28.9. The van der Waals surface area contributed by atoms with Crippen LogP contribution in [0.25, 0.3) is 0 Å². The smallest absolute Gasteiger partial charge is 0.314 e. The first-order chi connectivity index (χ1) is 5.94. The second kappa shape index (κ2) is 3.50. The van der Waals surface area contributed by atoms with E-state index in [4.69, 9.17) is 0 Å². The third kappa shape index (κ3) is 1.70. The molecule has 0 aromatic carbocycles. The van der Waals surface area contributed by atoms with Crippen molar-refractivity contribution in [1.82, 2.24) is 0 Å². The zero-order chi connectivity index (χ0) is 10.1. The van der Waals surface area contributed by atoms with Gasteiger partial charge in [-0.2, -0.15) is 11.8 Å². The second-order valence-electron chi connectivity index (χ2n) is 3.95. The van der Waals surface area contributed by atoms with Gasteiger partial charge in [0.05, 0.1) is 18.1 Å². The Labute approximate surface area is 82.8 Å². The van der Waals surface area contributed by atoms with Gasteiger partial charge in [0.1, 0.15) is 0 Å². The van der Waals surface area contributed by atoms with Gasteiger partial charge in [-0.1, -0.05) is 0 Å². The van der Waals surface area contributed by atoms with Crippen LogP contribution in [0.5, 0.6) is 0 Å². The molecule has 1 heterocycles. The number of carbonyl (C=O) groups is 1. The van der Waals surface area contributed by atoms with E-state index in [2.05, 4.69) is 4.74 Å². The average Bonchev–Trinajstić information content (AvgIpc) is 2.52. The Morgan fingerprint density at radius 2 is 2.23 bits per heavy atom. The van der Waals surface area contributed by atoms with E-state index in [0.29, 0.717) is 12.2 Å². The molecule has 1 saturated heterocycles. The number of methoxy groups -OCH3 is 1. The lowest BCUT2D eigenvalue weighted by atomic mass is 9.74. The summed E-state index contributed by atoms with van der Waals surface area (Å²) in [6, 6.07) is 0. The highest BCUT2D eigenvalue weighted by molar-refractivity contribution is 7.99. The molecule has 0 radical (unpaired) electrons. The molecule has 1 unspecified atom stereocenters. The first kappa shape index (κ1) is 10.9. The average molecular weight is 204 g/mol. The molecule has 13 heavy (non-hydrogen) atoms. The molecule has 1 N–H and O–H groups in total. The molecule has 1 aliphatic heterocycles. The summed E-state index contributed by atoms with van der Waals surface area (Å²) in [5.41, 5.74) is -1.70. The molecule has 0 aromatic heterocycles. The fourth-order valence-corrected chi connectivity index (χ4v) is 2.96. The van der Waals surface area contributed by atoms with Crippen molar-refractivity contribution in [2.24, 2.45) is 5.41 Å². The van der Waals surface area contributed by atoms with Gasteiger partial charge in [0.2, 0.25) is 0 Å². The van der Waals surface area contributed by atoms with Crippen LogP contribution in [0.3, 0.4) is 0 Å². The van der Waals surface area contributed by atoms with E-state index in [1.165, 1.54) is 7.11 Å². The van der Waals surface area contributed by atoms with E-state index >= 15 is 0 Å².